The number of anilines is 1. The molecule has 150 valence electrons. The second-order valence-corrected chi connectivity index (χ2v) is 8.50. The molecule has 8 nitrogen and oxygen atoms in total. The van der Waals surface area contributed by atoms with Crippen LogP contribution in [0.15, 0.2) is 22.6 Å². The zero-order chi connectivity index (χ0) is 19.9. The molecule has 3 aliphatic rings. The molecular weight excluding hydrogens is 360 g/mol. The number of carbonyl (C=O) groups is 2. The first-order valence-electron chi connectivity index (χ1n) is 9.73. The van der Waals surface area contributed by atoms with Gasteiger partial charge < -0.3 is 14.5 Å². The molecule has 5 rings (SSSR count). The molecule has 8 heteroatoms. The van der Waals surface area contributed by atoms with Crippen molar-refractivity contribution in [2.75, 3.05) is 18.4 Å². The first-order chi connectivity index (χ1) is 13.3. The van der Waals surface area contributed by atoms with Gasteiger partial charge in [0.1, 0.15) is 11.1 Å². The Morgan fingerprint density at radius 3 is 2.64 bits per heavy atom. The minimum atomic E-state index is -0.656. The topological polar surface area (TPSA) is 96.7 Å². The van der Waals surface area contributed by atoms with Crippen LogP contribution in [0.3, 0.4) is 0 Å². The molecule has 3 fully saturated rings. The smallest absolute Gasteiger partial charge is 0.415 e. The number of amides is 2. The number of ether oxygens (including phenoxy) is 1. The first kappa shape index (κ1) is 18.7. The number of benzene rings is 1. The number of fused-ring (bicyclic) bond motifs is 4. The first-order valence-corrected chi connectivity index (χ1v) is 9.73. The van der Waals surface area contributed by atoms with E-state index in [1.807, 2.05) is 0 Å². The maximum absolute atomic E-state index is 12.9. The summed E-state index contributed by atoms with van der Waals surface area (Å²) in [7, 11) is 0. The molecule has 0 spiro atoms. The maximum Gasteiger partial charge on any atom is 0.415 e. The molecule has 2 N–H and O–H groups in total. The van der Waals surface area contributed by atoms with Crippen molar-refractivity contribution in [3.8, 4) is 0 Å². The lowest BCUT2D eigenvalue weighted by Crippen LogP contribution is -2.56. The van der Waals surface area contributed by atoms with E-state index in [1.165, 1.54) is 12.8 Å². The number of piperidine rings is 3. The van der Waals surface area contributed by atoms with Gasteiger partial charge in [0.05, 0.1) is 11.7 Å². The largest absolute Gasteiger partial charge is 0.443 e. The molecule has 2 bridgehead atoms. The second-order valence-electron chi connectivity index (χ2n) is 8.50. The van der Waals surface area contributed by atoms with Gasteiger partial charge in [0.15, 0.2) is 5.58 Å². The van der Waals surface area contributed by atoms with Crippen LogP contribution in [0.25, 0.3) is 11.1 Å². The van der Waals surface area contributed by atoms with Crippen molar-refractivity contribution in [2.45, 2.75) is 51.8 Å². The maximum atomic E-state index is 12.9. The lowest BCUT2D eigenvalue weighted by atomic mass is 9.86. The van der Waals surface area contributed by atoms with Crippen molar-refractivity contribution >= 4 is 29.1 Å². The number of hydrogen-bond acceptors (Lipinski definition) is 6. The molecule has 1 aromatic carbocycles. The summed E-state index contributed by atoms with van der Waals surface area (Å²) >= 11 is 0. The average molecular weight is 386 g/mol. The number of nitrogens with zero attached hydrogens (tertiary/aromatic N) is 2. The highest BCUT2D eigenvalue weighted by atomic mass is 16.6. The van der Waals surface area contributed by atoms with Crippen molar-refractivity contribution in [2.24, 2.45) is 5.92 Å². The van der Waals surface area contributed by atoms with Gasteiger partial charge in [-0.2, -0.15) is 4.98 Å². The molecule has 3 saturated heterocycles. The van der Waals surface area contributed by atoms with E-state index < -0.39 is 11.7 Å². The van der Waals surface area contributed by atoms with Crippen LogP contribution in [0.5, 0.6) is 0 Å². The Bertz CT molecular complexity index is 893. The van der Waals surface area contributed by atoms with E-state index in [4.69, 9.17) is 9.15 Å². The van der Waals surface area contributed by atoms with Crippen LogP contribution in [-0.4, -0.2) is 46.7 Å². The van der Waals surface area contributed by atoms with Gasteiger partial charge in [-0.1, -0.05) is 6.07 Å². The molecule has 0 radical (unpaired) electrons. The normalized spacial score (nSPS) is 24.2. The fraction of sp³-hybridized carbons (Fsp3) is 0.550. The minimum absolute atomic E-state index is 0.00460. The highest BCUT2D eigenvalue weighted by Crippen LogP contribution is 2.31. The Morgan fingerprint density at radius 2 is 2.00 bits per heavy atom. The number of oxazole rings is 1. The molecule has 1 unspecified atom stereocenters. The fourth-order valence-electron chi connectivity index (χ4n) is 3.92. The predicted molar refractivity (Wildman–Crippen MR) is 104 cm³/mol. The molecule has 2 aromatic rings. The Kier molecular flexibility index (Phi) is 4.74. The van der Waals surface area contributed by atoms with Crippen molar-refractivity contribution < 1.29 is 18.7 Å². The van der Waals surface area contributed by atoms with Crippen LogP contribution < -0.4 is 10.6 Å². The summed E-state index contributed by atoms with van der Waals surface area (Å²) in [5.74, 6) is 0.517. The number of hydrogen-bond donors (Lipinski definition) is 2. The Hall–Kier alpha value is -2.61. The summed E-state index contributed by atoms with van der Waals surface area (Å²) in [6.07, 6.45) is 2.83. The van der Waals surface area contributed by atoms with Gasteiger partial charge >= 0.3 is 12.1 Å². The SMILES string of the molecule is CC(C)(C)OC(=O)Nc1nc2c(C(=O)NC3CC4CCN3CC4)cccc2o1. The minimum Gasteiger partial charge on any atom is -0.443 e. The molecule has 1 atom stereocenters. The Labute approximate surface area is 163 Å². The number of para-hydroxylation sites is 1. The summed E-state index contributed by atoms with van der Waals surface area (Å²) in [4.78, 5) is 31.5. The van der Waals surface area contributed by atoms with Crippen LogP contribution in [0.1, 0.15) is 50.4 Å². The van der Waals surface area contributed by atoms with Crippen LogP contribution in [0, 0.1) is 5.92 Å². The summed E-state index contributed by atoms with van der Waals surface area (Å²) in [5, 5.41) is 5.61. The van der Waals surface area contributed by atoms with Crippen molar-refractivity contribution in [1.82, 2.24) is 15.2 Å². The number of rotatable bonds is 3. The number of carbonyl (C=O) groups excluding carboxylic acids is 2. The van der Waals surface area contributed by atoms with Crippen LogP contribution in [0.4, 0.5) is 10.8 Å². The van der Waals surface area contributed by atoms with E-state index in [9.17, 15) is 9.59 Å². The third-order valence-electron chi connectivity index (χ3n) is 5.22. The van der Waals surface area contributed by atoms with Crippen LogP contribution >= 0.6 is 0 Å². The molecule has 3 aliphatic heterocycles. The third kappa shape index (κ3) is 3.96. The summed E-state index contributed by atoms with van der Waals surface area (Å²) in [6, 6.07) is 5.18. The second kappa shape index (κ2) is 7.09. The highest BCUT2D eigenvalue weighted by Gasteiger charge is 2.34. The number of aromatic nitrogens is 1. The number of nitrogens with one attached hydrogen (secondary N) is 2. The lowest BCUT2D eigenvalue weighted by molar-refractivity contribution is 0.0295. The van der Waals surface area contributed by atoms with E-state index in [2.05, 4.69) is 20.5 Å². The van der Waals surface area contributed by atoms with Crippen molar-refractivity contribution in [1.29, 1.82) is 0 Å². The summed E-state index contributed by atoms with van der Waals surface area (Å²) in [6.45, 7) is 7.39. The molecule has 4 heterocycles. The molecule has 28 heavy (non-hydrogen) atoms. The van der Waals surface area contributed by atoms with Gasteiger partial charge in [0.2, 0.25) is 0 Å². The average Bonchev–Trinajstić information content (AvgIpc) is 3.03. The van der Waals surface area contributed by atoms with Crippen LogP contribution in [0.2, 0.25) is 0 Å². The monoisotopic (exact) mass is 386 g/mol. The van der Waals surface area contributed by atoms with Gasteiger partial charge in [-0.05, 0) is 58.1 Å². The fourth-order valence-corrected chi connectivity index (χ4v) is 3.92. The van der Waals surface area contributed by atoms with E-state index >= 15 is 0 Å². The van der Waals surface area contributed by atoms with Gasteiger partial charge in [0.25, 0.3) is 5.91 Å². The molecule has 1 aromatic heterocycles. The molecular formula is C20H26N4O4. The summed E-state index contributed by atoms with van der Waals surface area (Å²) < 4.78 is 10.8. The van der Waals surface area contributed by atoms with Gasteiger partial charge in [0, 0.05) is 13.1 Å². The van der Waals surface area contributed by atoms with E-state index in [-0.39, 0.29) is 18.1 Å². The lowest BCUT2D eigenvalue weighted by Gasteiger charge is -2.45. The zero-order valence-corrected chi connectivity index (χ0v) is 16.4. The Morgan fingerprint density at radius 1 is 1.25 bits per heavy atom. The van der Waals surface area contributed by atoms with Crippen molar-refractivity contribution in [3.05, 3.63) is 23.8 Å². The highest BCUT2D eigenvalue weighted by molar-refractivity contribution is 6.05. The molecule has 0 aliphatic carbocycles. The zero-order valence-electron chi connectivity index (χ0n) is 16.4. The summed E-state index contributed by atoms with van der Waals surface area (Å²) in [5.41, 5.74) is 0.655. The quantitative estimate of drug-likeness (QED) is 0.840. The van der Waals surface area contributed by atoms with Gasteiger partial charge in [-0.3, -0.25) is 9.69 Å². The predicted octanol–water partition coefficient (Wildman–Crippen LogP) is 3.35. The van der Waals surface area contributed by atoms with Crippen molar-refractivity contribution in [3.63, 3.8) is 0 Å². The van der Waals surface area contributed by atoms with E-state index in [0.717, 1.165) is 19.5 Å². The van der Waals surface area contributed by atoms with E-state index in [1.54, 1.807) is 39.0 Å². The standard InChI is InChI=1S/C20H26N4O4/c1-20(2,3)28-19(26)23-18-22-16-13(5-4-6-14(16)27-18)17(25)21-15-11-12-7-9-24(15)10-8-12/h4-6,12,15H,7-11H2,1-3H3,(H,21,25)(H,22,23,26). The molecule has 0 saturated carbocycles. The molecule has 2 amide bonds. The van der Waals surface area contributed by atoms with Gasteiger partial charge in [-0.25, -0.2) is 10.1 Å². The Balaban J connectivity index is 1.50. The third-order valence-corrected chi connectivity index (χ3v) is 5.22. The van der Waals surface area contributed by atoms with E-state index in [0.29, 0.717) is 22.6 Å². The van der Waals surface area contributed by atoms with Gasteiger partial charge in [-0.15, -0.1) is 0 Å². The van der Waals surface area contributed by atoms with Crippen LogP contribution in [-0.2, 0) is 4.74 Å².